The van der Waals surface area contributed by atoms with Crippen LogP contribution in [0.1, 0.15) is 30.6 Å². The molecule has 30 heavy (non-hydrogen) atoms. The molecule has 0 fully saturated rings. The van der Waals surface area contributed by atoms with Crippen molar-refractivity contribution >= 4 is 34.1 Å². The lowest BCUT2D eigenvalue weighted by molar-refractivity contribution is 0.0945. The minimum Gasteiger partial charge on any atom is -0.497 e. The number of nitrogens with zero attached hydrogens (tertiary/aromatic N) is 1. The maximum absolute atomic E-state index is 12.9. The smallest absolute Gasteiger partial charge is 0.270 e. The van der Waals surface area contributed by atoms with Crippen LogP contribution in [-0.4, -0.2) is 29.7 Å². The van der Waals surface area contributed by atoms with Crippen LogP contribution in [-0.2, 0) is 0 Å². The summed E-state index contributed by atoms with van der Waals surface area (Å²) in [7, 11) is 1.63. The molecule has 3 aromatic rings. The average molecular weight is 423 g/mol. The van der Waals surface area contributed by atoms with Gasteiger partial charge < -0.3 is 10.1 Å². The van der Waals surface area contributed by atoms with E-state index in [9.17, 15) is 4.79 Å². The molecule has 0 saturated heterocycles. The highest BCUT2D eigenvalue weighted by molar-refractivity contribution is 7.80. The van der Waals surface area contributed by atoms with Crippen molar-refractivity contribution in [3.8, 4) is 17.0 Å². The normalized spacial score (nSPS) is 10.7. The number of carbonyl (C=O) groups excluding carboxylic acids is 1. The number of fused-ring (bicyclic) bond motifs is 1. The van der Waals surface area contributed by atoms with E-state index in [-0.39, 0.29) is 5.91 Å². The molecule has 0 bridgehead atoms. The summed E-state index contributed by atoms with van der Waals surface area (Å²) in [6.07, 6.45) is 0.996. The Balaban J connectivity index is 1.81. The van der Waals surface area contributed by atoms with Gasteiger partial charge in [0.05, 0.1) is 23.9 Å². The van der Waals surface area contributed by atoms with Gasteiger partial charge in [0.15, 0.2) is 5.11 Å². The van der Waals surface area contributed by atoms with E-state index in [2.05, 4.69) is 30.0 Å². The molecule has 0 unspecified atom stereocenters. The van der Waals surface area contributed by atoms with E-state index in [1.807, 2.05) is 48.5 Å². The lowest BCUT2D eigenvalue weighted by Gasteiger charge is -2.14. The highest BCUT2D eigenvalue weighted by Crippen LogP contribution is 2.26. The number of hydrazine groups is 1. The second kappa shape index (κ2) is 10.0. The third kappa shape index (κ3) is 5.45. The minimum absolute atomic E-state index is 0.281. The van der Waals surface area contributed by atoms with Crippen molar-refractivity contribution in [3.63, 3.8) is 0 Å². The molecular formula is C23H26N4O2S. The van der Waals surface area contributed by atoms with E-state index in [1.54, 1.807) is 13.2 Å². The van der Waals surface area contributed by atoms with E-state index < -0.39 is 0 Å². The van der Waals surface area contributed by atoms with E-state index in [0.29, 0.717) is 22.3 Å². The number of pyridine rings is 1. The van der Waals surface area contributed by atoms with Gasteiger partial charge in [-0.15, -0.1) is 0 Å². The quantitative estimate of drug-likeness (QED) is 0.411. The molecule has 0 radical (unpaired) electrons. The Morgan fingerprint density at radius 3 is 2.53 bits per heavy atom. The molecule has 7 heteroatoms. The first-order valence-corrected chi connectivity index (χ1v) is 10.3. The molecule has 0 aliphatic rings. The number of carbonyl (C=O) groups is 1. The summed E-state index contributed by atoms with van der Waals surface area (Å²) in [5, 5.41) is 4.25. The first-order chi connectivity index (χ1) is 14.5. The molecule has 3 rings (SSSR count). The Bertz CT molecular complexity index is 1040. The van der Waals surface area contributed by atoms with Crippen molar-refractivity contribution in [1.29, 1.82) is 0 Å². The van der Waals surface area contributed by atoms with Crippen molar-refractivity contribution < 1.29 is 9.53 Å². The molecule has 1 amide bonds. The van der Waals surface area contributed by atoms with Crippen LogP contribution in [0.3, 0.4) is 0 Å². The predicted octanol–water partition coefficient (Wildman–Crippen LogP) is 4.07. The molecule has 0 atom stereocenters. The molecule has 2 aromatic carbocycles. The van der Waals surface area contributed by atoms with E-state index in [0.717, 1.165) is 35.2 Å². The van der Waals surface area contributed by atoms with Crippen LogP contribution in [0.2, 0.25) is 0 Å². The molecule has 156 valence electrons. The first-order valence-electron chi connectivity index (χ1n) is 9.86. The van der Waals surface area contributed by atoms with Crippen molar-refractivity contribution in [2.75, 3.05) is 13.7 Å². The van der Waals surface area contributed by atoms with Gasteiger partial charge >= 0.3 is 0 Å². The summed E-state index contributed by atoms with van der Waals surface area (Å²) in [5.74, 6) is 1.06. The van der Waals surface area contributed by atoms with Gasteiger partial charge in [0.2, 0.25) is 0 Å². The van der Waals surface area contributed by atoms with Gasteiger partial charge in [-0.2, -0.15) is 0 Å². The zero-order chi connectivity index (χ0) is 21.5. The number of hydrogen-bond acceptors (Lipinski definition) is 4. The zero-order valence-electron chi connectivity index (χ0n) is 17.4. The molecule has 3 N–H and O–H groups in total. The highest BCUT2D eigenvalue weighted by atomic mass is 32.1. The number of para-hydroxylation sites is 1. The second-order valence-electron chi connectivity index (χ2n) is 7.32. The molecule has 1 aromatic heterocycles. The number of thiocarbonyl (C=S) groups is 1. The summed E-state index contributed by atoms with van der Waals surface area (Å²) in [4.78, 5) is 17.6. The number of benzene rings is 2. The number of aromatic nitrogens is 1. The topological polar surface area (TPSA) is 75.3 Å². The van der Waals surface area contributed by atoms with Crippen LogP contribution >= 0.6 is 12.2 Å². The van der Waals surface area contributed by atoms with E-state index in [4.69, 9.17) is 21.9 Å². The fraction of sp³-hybridized carbons (Fsp3) is 0.261. The van der Waals surface area contributed by atoms with Crippen molar-refractivity contribution in [2.24, 2.45) is 5.92 Å². The van der Waals surface area contributed by atoms with Gasteiger partial charge in [-0.1, -0.05) is 32.0 Å². The first kappa shape index (κ1) is 21.5. The average Bonchev–Trinajstić information content (AvgIpc) is 2.76. The van der Waals surface area contributed by atoms with Gasteiger partial charge in [-0.3, -0.25) is 15.6 Å². The molecule has 0 aliphatic heterocycles. The Kier molecular flexibility index (Phi) is 7.19. The van der Waals surface area contributed by atoms with Crippen LogP contribution in [0.15, 0.2) is 54.6 Å². The van der Waals surface area contributed by atoms with E-state index in [1.165, 1.54) is 0 Å². The van der Waals surface area contributed by atoms with Gasteiger partial charge in [0.1, 0.15) is 5.75 Å². The summed E-state index contributed by atoms with van der Waals surface area (Å²) in [6.45, 7) is 5.04. The summed E-state index contributed by atoms with van der Waals surface area (Å²) in [5.41, 5.74) is 8.33. The third-order valence-corrected chi connectivity index (χ3v) is 4.89. The third-order valence-electron chi connectivity index (χ3n) is 4.64. The summed E-state index contributed by atoms with van der Waals surface area (Å²) < 4.78 is 5.22. The summed E-state index contributed by atoms with van der Waals surface area (Å²) >= 11 is 5.24. The van der Waals surface area contributed by atoms with Crippen LogP contribution < -0.4 is 20.9 Å². The van der Waals surface area contributed by atoms with Crippen molar-refractivity contribution in [2.45, 2.75) is 20.3 Å². The van der Waals surface area contributed by atoms with Gasteiger partial charge in [-0.05, 0) is 61.0 Å². The SMILES string of the molecule is COc1ccc(-c2cc(C(=O)NNC(=S)NCCC(C)C)c3ccccc3n2)cc1. The van der Waals surface area contributed by atoms with Gasteiger partial charge in [-0.25, -0.2) is 4.98 Å². The Morgan fingerprint density at radius 1 is 1.10 bits per heavy atom. The molecule has 1 heterocycles. The monoisotopic (exact) mass is 422 g/mol. The molecular weight excluding hydrogens is 396 g/mol. The lowest BCUT2D eigenvalue weighted by atomic mass is 10.0. The molecule has 0 aliphatic carbocycles. The number of amides is 1. The number of ether oxygens (including phenoxy) is 1. The van der Waals surface area contributed by atoms with Gasteiger partial charge in [0, 0.05) is 17.5 Å². The second-order valence-corrected chi connectivity index (χ2v) is 7.73. The number of hydrogen-bond donors (Lipinski definition) is 3. The molecule has 0 spiro atoms. The van der Waals surface area contributed by atoms with Crippen LogP contribution in [0, 0.1) is 5.92 Å². The predicted molar refractivity (Wildman–Crippen MR) is 124 cm³/mol. The van der Waals surface area contributed by atoms with E-state index >= 15 is 0 Å². The zero-order valence-corrected chi connectivity index (χ0v) is 18.2. The van der Waals surface area contributed by atoms with Crippen molar-refractivity contribution in [3.05, 3.63) is 60.2 Å². The van der Waals surface area contributed by atoms with Crippen LogP contribution in [0.25, 0.3) is 22.2 Å². The van der Waals surface area contributed by atoms with Crippen LogP contribution in [0.4, 0.5) is 0 Å². The molecule has 6 nitrogen and oxygen atoms in total. The minimum atomic E-state index is -0.281. The maximum Gasteiger partial charge on any atom is 0.270 e. The highest BCUT2D eigenvalue weighted by Gasteiger charge is 2.14. The largest absolute Gasteiger partial charge is 0.497 e. The number of nitrogens with one attached hydrogen (secondary N) is 3. The summed E-state index contributed by atoms with van der Waals surface area (Å²) in [6, 6.07) is 16.9. The number of rotatable bonds is 6. The Hall–Kier alpha value is -3.19. The maximum atomic E-state index is 12.9. The fourth-order valence-electron chi connectivity index (χ4n) is 2.97. The van der Waals surface area contributed by atoms with Crippen LogP contribution in [0.5, 0.6) is 5.75 Å². The standard InChI is InChI=1S/C23H26N4O2S/c1-15(2)12-13-24-23(30)27-26-22(28)19-14-21(16-8-10-17(29-3)11-9-16)25-20-7-5-4-6-18(19)20/h4-11,14-15H,12-13H2,1-3H3,(H,26,28)(H2,24,27,30). The lowest BCUT2D eigenvalue weighted by Crippen LogP contribution is -2.47. The Morgan fingerprint density at radius 2 is 1.83 bits per heavy atom. The van der Waals surface area contributed by atoms with Gasteiger partial charge in [0.25, 0.3) is 5.91 Å². The fourth-order valence-corrected chi connectivity index (χ4v) is 3.13. The van der Waals surface area contributed by atoms with Crippen molar-refractivity contribution in [1.82, 2.24) is 21.2 Å². The molecule has 0 saturated carbocycles. The number of methoxy groups -OCH3 is 1. The Labute approximate surface area is 182 Å².